The average Bonchev–Trinajstić information content (AvgIpc) is 2.25. The molecule has 7 heteroatoms. The molecular weight excluding hydrogens is 234 g/mol. The SMILES string of the molecule is COCCNC(=O)Cn1ccnc(Cl)c1=O. The van der Waals surface area contributed by atoms with Crippen LogP contribution in [0.3, 0.4) is 0 Å². The first-order valence-corrected chi connectivity index (χ1v) is 4.99. The molecule has 0 saturated heterocycles. The molecule has 0 aliphatic carbocycles. The molecule has 1 N–H and O–H groups in total. The molecule has 0 spiro atoms. The molecule has 1 heterocycles. The van der Waals surface area contributed by atoms with E-state index in [1.165, 1.54) is 17.0 Å². The van der Waals surface area contributed by atoms with Crippen molar-refractivity contribution in [2.75, 3.05) is 20.3 Å². The van der Waals surface area contributed by atoms with Gasteiger partial charge in [-0.1, -0.05) is 11.6 Å². The quantitative estimate of drug-likeness (QED) is 0.721. The van der Waals surface area contributed by atoms with Crippen molar-refractivity contribution in [3.8, 4) is 0 Å². The number of nitrogens with one attached hydrogen (secondary N) is 1. The van der Waals surface area contributed by atoms with Gasteiger partial charge in [-0.05, 0) is 0 Å². The van der Waals surface area contributed by atoms with Gasteiger partial charge in [-0.25, -0.2) is 4.98 Å². The number of hydrogen-bond acceptors (Lipinski definition) is 4. The molecule has 0 saturated carbocycles. The summed E-state index contributed by atoms with van der Waals surface area (Å²) in [6.07, 6.45) is 2.77. The number of ether oxygens (including phenoxy) is 1. The minimum absolute atomic E-state index is 0.0786. The molecule has 1 aromatic rings. The molecule has 0 aromatic carbocycles. The van der Waals surface area contributed by atoms with Crippen molar-refractivity contribution in [2.45, 2.75) is 6.54 Å². The van der Waals surface area contributed by atoms with Gasteiger partial charge in [0.15, 0.2) is 5.15 Å². The zero-order chi connectivity index (χ0) is 12.0. The third kappa shape index (κ3) is 3.63. The molecule has 1 aromatic heterocycles. The van der Waals surface area contributed by atoms with Gasteiger partial charge in [-0.2, -0.15) is 0 Å². The van der Waals surface area contributed by atoms with Crippen LogP contribution in [0, 0.1) is 0 Å². The fourth-order valence-electron chi connectivity index (χ4n) is 1.05. The van der Waals surface area contributed by atoms with E-state index in [0.29, 0.717) is 13.2 Å². The Hall–Kier alpha value is -1.40. The summed E-state index contributed by atoms with van der Waals surface area (Å²) in [6.45, 7) is 0.755. The summed E-state index contributed by atoms with van der Waals surface area (Å²) in [4.78, 5) is 26.4. The van der Waals surface area contributed by atoms with Gasteiger partial charge in [0.2, 0.25) is 5.91 Å². The van der Waals surface area contributed by atoms with Gasteiger partial charge in [0.25, 0.3) is 5.56 Å². The molecule has 0 fully saturated rings. The summed E-state index contributed by atoms with van der Waals surface area (Å²) >= 11 is 5.53. The van der Waals surface area contributed by atoms with Crippen molar-refractivity contribution in [1.82, 2.24) is 14.9 Å². The largest absolute Gasteiger partial charge is 0.383 e. The fraction of sp³-hybridized carbons (Fsp3) is 0.444. The smallest absolute Gasteiger partial charge is 0.288 e. The van der Waals surface area contributed by atoms with Crippen LogP contribution < -0.4 is 10.9 Å². The first-order chi connectivity index (χ1) is 7.65. The Labute approximate surface area is 97.2 Å². The lowest BCUT2D eigenvalue weighted by atomic mass is 10.5. The van der Waals surface area contributed by atoms with Crippen LogP contribution in [0.5, 0.6) is 0 Å². The Balaban J connectivity index is 2.56. The Kier molecular flexibility index (Phi) is 4.94. The molecule has 88 valence electrons. The van der Waals surface area contributed by atoms with E-state index >= 15 is 0 Å². The highest BCUT2D eigenvalue weighted by molar-refractivity contribution is 6.29. The van der Waals surface area contributed by atoms with Crippen LogP contribution in [0.1, 0.15) is 0 Å². The molecule has 1 amide bonds. The molecule has 0 aliphatic heterocycles. The summed E-state index contributed by atoms with van der Waals surface area (Å²) in [5.41, 5.74) is -0.481. The van der Waals surface area contributed by atoms with Crippen LogP contribution in [0.25, 0.3) is 0 Å². The molecule has 0 radical (unpaired) electrons. The van der Waals surface area contributed by atoms with Crippen LogP contribution in [0.15, 0.2) is 17.2 Å². The Bertz CT molecular complexity index is 419. The van der Waals surface area contributed by atoms with Gasteiger partial charge in [0.05, 0.1) is 6.61 Å². The lowest BCUT2D eigenvalue weighted by Gasteiger charge is -2.06. The van der Waals surface area contributed by atoms with Crippen molar-refractivity contribution in [1.29, 1.82) is 0 Å². The summed E-state index contributed by atoms with van der Waals surface area (Å²) in [5, 5.41) is 2.45. The Morgan fingerprint density at radius 1 is 1.69 bits per heavy atom. The van der Waals surface area contributed by atoms with Gasteiger partial charge in [-0.3, -0.25) is 9.59 Å². The summed E-state index contributed by atoms with van der Waals surface area (Å²) in [6, 6.07) is 0. The molecule has 0 unspecified atom stereocenters. The fourth-order valence-corrected chi connectivity index (χ4v) is 1.21. The maximum absolute atomic E-state index is 11.4. The van der Waals surface area contributed by atoms with Crippen molar-refractivity contribution in [2.24, 2.45) is 0 Å². The first-order valence-electron chi connectivity index (χ1n) is 4.61. The third-order valence-corrected chi connectivity index (χ3v) is 2.07. The number of methoxy groups -OCH3 is 1. The highest BCUT2D eigenvalue weighted by Gasteiger charge is 2.06. The normalized spacial score (nSPS) is 10.1. The summed E-state index contributed by atoms with van der Waals surface area (Å²) in [5.74, 6) is -0.276. The number of amides is 1. The number of rotatable bonds is 5. The highest BCUT2D eigenvalue weighted by atomic mass is 35.5. The molecule has 0 bridgehead atoms. The summed E-state index contributed by atoms with van der Waals surface area (Å²) < 4.78 is 5.96. The van der Waals surface area contributed by atoms with E-state index in [1.807, 2.05) is 0 Å². The number of halogens is 1. The first kappa shape index (κ1) is 12.7. The van der Waals surface area contributed by atoms with Crippen LogP contribution in [-0.2, 0) is 16.1 Å². The predicted molar refractivity (Wildman–Crippen MR) is 58.4 cm³/mol. The van der Waals surface area contributed by atoms with Gasteiger partial charge in [0.1, 0.15) is 6.54 Å². The summed E-state index contributed by atoms with van der Waals surface area (Å²) in [7, 11) is 1.54. The monoisotopic (exact) mass is 245 g/mol. The Morgan fingerprint density at radius 2 is 2.44 bits per heavy atom. The zero-order valence-electron chi connectivity index (χ0n) is 8.77. The lowest BCUT2D eigenvalue weighted by molar-refractivity contribution is -0.121. The van der Waals surface area contributed by atoms with E-state index in [9.17, 15) is 9.59 Å². The highest BCUT2D eigenvalue weighted by Crippen LogP contribution is 1.93. The second-order valence-corrected chi connectivity index (χ2v) is 3.35. The second-order valence-electron chi connectivity index (χ2n) is 2.99. The van der Waals surface area contributed by atoms with Crippen LogP contribution in [0.4, 0.5) is 0 Å². The van der Waals surface area contributed by atoms with Crippen molar-refractivity contribution >= 4 is 17.5 Å². The standard InChI is InChI=1S/C9H12ClN3O3/c1-16-5-3-11-7(14)6-13-4-2-12-8(10)9(13)15/h2,4H,3,5-6H2,1H3,(H,11,14). The van der Waals surface area contributed by atoms with Gasteiger partial charge >= 0.3 is 0 Å². The minimum Gasteiger partial charge on any atom is -0.383 e. The zero-order valence-corrected chi connectivity index (χ0v) is 9.53. The predicted octanol–water partition coefficient (Wildman–Crippen LogP) is -0.341. The second kappa shape index (κ2) is 6.24. The molecule has 0 aliphatic rings. The number of aromatic nitrogens is 2. The number of nitrogens with zero attached hydrogens (tertiary/aromatic N) is 2. The van der Waals surface area contributed by atoms with Crippen LogP contribution in [0.2, 0.25) is 5.15 Å². The molecule has 16 heavy (non-hydrogen) atoms. The molecule has 6 nitrogen and oxygen atoms in total. The molecule has 1 rings (SSSR count). The van der Waals surface area contributed by atoms with E-state index in [-0.39, 0.29) is 17.6 Å². The third-order valence-electron chi connectivity index (χ3n) is 1.81. The maximum atomic E-state index is 11.4. The van der Waals surface area contributed by atoms with Crippen molar-refractivity contribution in [3.63, 3.8) is 0 Å². The Morgan fingerprint density at radius 3 is 3.12 bits per heavy atom. The van der Waals surface area contributed by atoms with Gasteiger partial charge < -0.3 is 14.6 Å². The van der Waals surface area contributed by atoms with Crippen LogP contribution >= 0.6 is 11.6 Å². The van der Waals surface area contributed by atoms with E-state index in [2.05, 4.69) is 10.3 Å². The number of carbonyl (C=O) groups is 1. The van der Waals surface area contributed by atoms with Crippen molar-refractivity contribution < 1.29 is 9.53 Å². The van der Waals surface area contributed by atoms with E-state index in [0.717, 1.165) is 0 Å². The van der Waals surface area contributed by atoms with E-state index in [4.69, 9.17) is 16.3 Å². The lowest BCUT2D eigenvalue weighted by Crippen LogP contribution is -2.34. The van der Waals surface area contributed by atoms with E-state index < -0.39 is 5.56 Å². The van der Waals surface area contributed by atoms with Gasteiger partial charge in [-0.15, -0.1) is 0 Å². The molecular formula is C9H12ClN3O3. The maximum Gasteiger partial charge on any atom is 0.288 e. The topological polar surface area (TPSA) is 73.2 Å². The van der Waals surface area contributed by atoms with Crippen LogP contribution in [-0.4, -0.2) is 35.7 Å². The number of hydrogen-bond donors (Lipinski definition) is 1. The molecule has 0 atom stereocenters. The average molecular weight is 246 g/mol. The minimum atomic E-state index is -0.481. The van der Waals surface area contributed by atoms with E-state index in [1.54, 1.807) is 7.11 Å². The van der Waals surface area contributed by atoms with Gasteiger partial charge in [0, 0.05) is 26.0 Å². The van der Waals surface area contributed by atoms with Crippen molar-refractivity contribution in [3.05, 3.63) is 27.9 Å². The number of carbonyl (C=O) groups excluding carboxylic acids is 1.